The minimum Gasteiger partial charge on any atom is -0.480 e. The quantitative estimate of drug-likeness (QED) is 0.723. The summed E-state index contributed by atoms with van der Waals surface area (Å²) in [6, 6.07) is 5.22. The third-order valence-corrected chi connectivity index (χ3v) is 1.80. The number of alkyl halides is 1. The summed E-state index contributed by atoms with van der Waals surface area (Å²) in [6.07, 6.45) is 0. The molecule has 12 heavy (non-hydrogen) atoms. The maximum Gasteiger partial charge on any atom is 0.326 e. The van der Waals surface area contributed by atoms with Gasteiger partial charge in [-0.15, -0.1) is 11.6 Å². The molecule has 1 rings (SSSR count). The first-order chi connectivity index (χ1) is 5.61. The van der Waals surface area contributed by atoms with E-state index in [1.165, 1.54) is 18.2 Å². The highest BCUT2D eigenvalue weighted by Gasteiger charge is 2.15. The maximum atomic E-state index is 12.5. The van der Waals surface area contributed by atoms with Gasteiger partial charge in [-0.1, -0.05) is 12.1 Å². The first-order valence-corrected chi connectivity index (χ1v) is 3.67. The normalized spacial score (nSPS) is 12.5. The molecule has 0 fully saturated rings. The Bertz CT molecular complexity index is 301. The number of aliphatic carboxylic acids is 1. The van der Waals surface area contributed by atoms with Crippen molar-refractivity contribution in [3.63, 3.8) is 0 Å². The predicted molar refractivity (Wildman–Crippen MR) is 42.6 cm³/mol. The van der Waals surface area contributed by atoms with Crippen LogP contribution in [0, 0.1) is 5.82 Å². The predicted octanol–water partition coefficient (Wildman–Crippen LogP) is 2.19. The summed E-state index contributed by atoms with van der Waals surface area (Å²) in [5.74, 6) is -1.67. The number of hydrogen-bond donors (Lipinski definition) is 1. The molecule has 0 spiro atoms. The van der Waals surface area contributed by atoms with Crippen LogP contribution in [0.3, 0.4) is 0 Å². The summed E-state index contributed by atoms with van der Waals surface area (Å²) in [6.45, 7) is 0. The minimum absolute atomic E-state index is 0.254. The summed E-state index contributed by atoms with van der Waals surface area (Å²) in [4.78, 5) is 10.4. The average molecular weight is 189 g/mol. The van der Waals surface area contributed by atoms with Gasteiger partial charge in [-0.05, 0) is 17.7 Å². The number of carboxylic acids is 1. The van der Waals surface area contributed by atoms with Crippen LogP contribution in [0.5, 0.6) is 0 Å². The fourth-order valence-corrected chi connectivity index (χ4v) is 0.943. The highest BCUT2D eigenvalue weighted by atomic mass is 35.5. The van der Waals surface area contributed by atoms with Crippen LogP contribution in [0.25, 0.3) is 0 Å². The second kappa shape index (κ2) is 3.54. The van der Waals surface area contributed by atoms with E-state index in [0.717, 1.165) is 6.07 Å². The van der Waals surface area contributed by atoms with Crippen LogP contribution < -0.4 is 0 Å². The lowest BCUT2D eigenvalue weighted by molar-refractivity contribution is -0.136. The molecule has 0 bridgehead atoms. The molecule has 0 heterocycles. The third-order valence-electron chi connectivity index (χ3n) is 1.36. The van der Waals surface area contributed by atoms with E-state index in [1.54, 1.807) is 0 Å². The molecule has 0 aliphatic carbocycles. The van der Waals surface area contributed by atoms with E-state index < -0.39 is 17.2 Å². The Morgan fingerprint density at radius 3 is 2.75 bits per heavy atom. The van der Waals surface area contributed by atoms with Gasteiger partial charge in [-0.25, -0.2) is 4.39 Å². The zero-order valence-corrected chi connectivity index (χ0v) is 6.75. The van der Waals surface area contributed by atoms with Gasteiger partial charge in [0.2, 0.25) is 0 Å². The number of benzene rings is 1. The highest BCUT2D eigenvalue weighted by molar-refractivity contribution is 6.29. The van der Waals surface area contributed by atoms with Gasteiger partial charge in [-0.3, -0.25) is 4.79 Å². The van der Waals surface area contributed by atoms with Crippen LogP contribution in [0.15, 0.2) is 24.3 Å². The second-order valence-electron chi connectivity index (χ2n) is 2.26. The van der Waals surface area contributed by atoms with Crippen LogP contribution in [-0.4, -0.2) is 11.1 Å². The molecule has 0 aliphatic heterocycles. The molecule has 64 valence electrons. The van der Waals surface area contributed by atoms with Gasteiger partial charge >= 0.3 is 5.97 Å². The van der Waals surface area contributed by atoms with E-state index in [9.17, 15) is 9.18 Å². The number of carboxylic acid groups (broad SMARTS) is 1. The van der Waals surface area contributed by atoms with Gasteiger partial charge in [-0.2, -0.15) is 0 Å². The molecule has 0 aliphatic rings. The first-order valence-electron chi connectivity index (χ1n) is 3.23. The van der Waals surface area contributed by atoms with Crippen LogP contribution >= 0.6 is 11.6 Å². The Balaban J connectivity index is 2.95. The maximum absolute atomic E-state index is 12.5. The topological polar surface area (TPSA) is 37.3 Å². The molecule has 1 atom stereocenters. The van der Waals surface area contributed by atoms with E-state index in [-0.39, 0.29) is 5.56 Å². The fourth-order valence-electron chi connectivity index (χ4n) is 0.807. The molecular formula is C8H6ClFO2. The van der Waals surface area contributed by atoms with E-state index in [4.69, 9.17) is 16.7 Å². The van der Waals surface area contributed by atoms with Gasteiger partial charge in [0.05, 0.1) is 0 Å². The summed E-state index contributed by atoms with van der Waals surface area (Å²) < 4.78 is 12.5. The highest BCUT2D eigenvalue weighted by Crippen LogP contribution is 2.20. The van der Waals surface area contributed by atoms with Crippen LogP contribution in [0.4, 0.5) is 4.39 Å². The Labute approximate surface area is 73.6 Å². The summed E-state index contributed by atoms with van der Waals surface area (Å²) in [5, 5.41) is 7.29. The second-order valence-corrected chi connectivity index (χ2v) is 2.69. The van der Waals surface area contributed by atoms with Crippen LogP contribution in [0.1, 0.15) is 10.9 Å². The summed E-state index contributed by atoms with van der Waals surface area (Å²) in [7, 11) is 0. The van der Waals surface area contributed by atoms with Gasteiger partial charge in [0.15, 0.2) is 5.38 Å². The Morgan fingerprint density at radius 2 is 2.25 bits per heavy atom. The molecule has 0 saturated carbocycles. The van der Waals surface area contributed by atoms with Gasteiger partial charge in [0.25, 0.3) is 0 Å². The lowest BCUT2D eigenvalue weighted by Crippen LogP contribution is -2.04. The molecular weight excluding hydrogens is 183 g/mol. The van der Waals surface area contributed by atoms with E-state index in [1.807, 2.05) is 0 Å². The van der Waals surface area contributed by atoms with Crippen molar-refractivity contribution in [3.8, 4) is 0 Å². The first kappa shape index (κ1) is 9.00. The molecule has 0 saturated heterocycles. The average Bonchev–Trinajstić information content (AvgIpc) is 2.03. The number of hydrogen-bond acceptors (Lipinski definition) is 1. The van der Waals surface area contributed by atoms with Crippen molar-refractivity contribution in [1.29, 1.82) is 0 Å². The van der Waals surface area contributed by atoms with E-state index in [0.29, 0.717) is 0 Å². The van der Waals surface area contributed by atoms with Crippen molar-refractivity contribution in [2.75, 3.05) is 0 Å². The Hall–Kier alpha value is -1.09. The molecule has 1 N–H and O–H groups in total. The van der Waals surface area contributed by atoms with Gasteiger partial charge < -0.3 is 5.11 Å². The third kappa shape index (κ3) is 1.95. The lowest BCUT2D eigenvalue weighted by atomic mass is 10.1. The largest absolute Gasteiger partial charge is 0.480 e. The Kier molecular flexibility index (Phi) is 2.65. The van der Waals surface area contributed by atoms with Gasteiger partial charge in [0, 0.05) is 0 Å². The lowest BCUT2D eigenvalue weighted by Gasteiger charge is -2.02. The molecule has 0 radical (unpaired) electrons. The molecule has 1 unspecified atom stereocenters. The van der Waals surface area contributed by atoms with Crippen molar-refractivity contribution in [2.45, 2.75) is 5.38 Å². The van der Waals surface area contributed by atoms with Crippen molar-refractivity contribution in [1.82, 2.24) is 0 Å². The van der Waals surface area contributed by atoms with Crippen molar-refractivity contribution < 1.29 is 14.3 Å². The molecule has 0 amide bonds. The fraction of sp³-hybridized carbons (Fsp3) is 0.125. The molecule has 2 nitrogen and oxygen atoms in total. The Morgan fingerprint density at radius 1 is 1.58 bits per heavy atom. The number of halogens is 2. The number of carbonyl (C=O) groups is 1. The molecule has 1 aromatic carbocycles. The van der Waals surface area contributed by atoms with E-state index >= 15 is 0 Å². The van der Waals surface area contributed by atoms with Gasteiger partial charge in [0.1, 0.15) is 5.82 Å². The standard InChI is InChI=1S/C8H6ClFO2/c9-7(8(11)12)5-2-1-3-6(10)4-5/h1-4,7H,(H,11,12). The SMILES string of the molecule is O=C(O)C(Cl)c1cccc(F)c1. The van der Waals surface area contributed by atoms with Crippen LogP contribution in [-0.2, 0) is 4.79 Å². The molecule has 0 aromatic heterocycles. The zero-order valence-electron chi connectivity index (χ0n) is 6.00. The van der Waals surface area contributed by atoms with Crippen molar-refractivity contribution in [3.05, 3.63) is 35.6 Å². The van der Waals surface area contributed by atoms with Crippen molar-refractivity contribution in [2.24, 2.45) is 0 Å². The summed E-state index contributed by atoms with van der Waals surface area (Å²) in [5.41, 5.74) is 0.254. The van der Waals surface area contributed by atoms with Crippen molar-refractivity contribution >= 4 is 17.6 Å². The number of rotatable bonds is 2. The molecule has 1 aromatic rings. The van der Waals surface area contributed by atoms with E-state index in [2.05, 4.69) is 0 Å². The smallest absolute Gasteiger partial charge is 0.326 e. The monoisotopic (exact) mass is 188 g/mol. The molecule has 4 heteroatoms. The van der Waals surface area contributed by atoms with Crippen LogP contribution in [0.2, 0.25) is 0 Å². The zero-order chi connectivity index (χ0) is 9.14. The minimum atomic E-state index is -1.18. The summed E-state index contributed by atoms with van der Waals surface area (Å²) >= 11 is 5.45.